The van der Waals surface area contributed by atoms with Gasteiger partial charge in [0.05, 0.1) is 11.7 Å². The van der Waals surface area contributed by atoms with Gasteiger partial charge in [0.25, 0.3) is 0 Å². The van der Waals surface area contributed by atoms with Crippen LogP contribution in [0.3, 0.4) is 0 Å². The Morgan fingerprint density at radius 3 is 1.67 bits per heavy atom. The number of hydrogen-bond donors (Lipinski definition) is 3. The maximum absolute atomic E-state index is 10.5. The lowest BCUT2D eigenvalue weighted by molar-refractivity contribution is -0.0842. The smallest absolute Gasteiger partial charge is 0.0948 e. The van der Waals surface area contributed by atoms with Crippen LogP contribution in [0.4, 0.5) is 0 Å². The average molecular weight is 261 g/mol. The average Bonchev–Trinajstić information content (AvgIpc) is 2.26. The number of hydrogen-bond acceptors (Lipinski definition) is 5. The Morgan fingerprint density at radius 2 is 1.39 bits per heavy atom. The highest BCUT2D eigenvalue weighted by Crippen LogP contribution is 2.23. The third-order valence-electron chi connectivity index (χ3n) is 3.27. The molecule has 0 heterocycles. The van der Waals surface area contributed by atoms with Gasteiger partial charge in [0.1, 0.15) is 0 Å². The predicted molar refractivity (Wildman–Crippen MR) is 75.6 cm³/mol. The van der Waals surface area contributed by atoms with Crippen LogP contribution in [0.1, 0.15) is 25.7 Å². The van der Waals surface area contributed by atoms with Crippen molar-refractivity contribution in [3.63, 3.8) is 0 Å². The molecule has 0 aliphatic rings. The fraction of sp³-hybridized carbons (Fsp3) is 1.00. The van der Waals surface area contributed by atoms with Crippen LogP contribution in [-0.2, 0) is 0 Å². The molecule has 4 N–H and O–H groups in total. The summed E-state index contributed by atoms with van der Waals surface area (Å²) < 4.78 is 0. The van der Waals surface area contributed by atoms with Crippen molar-refractivity contribution in [3.8, 4) is 0 Å². The van der Waals surface area contributed by atoms with Gasteiger partial charge < -0.3 is 25.7 Å². The van der Waals surface area contributed by atoms with E-state index in [0.29, 0.717) is 12.8 Å². The predicted octanol–water partition coefficient (Wildman–Crippen LogP) is -0.279. The molecule has 0 saturated heterocycles. The molecule has 0 aromatic rings. The fourth-order valence-electron chi connectivity index (χ4n) is 2.08. The lowest BCUT2D eigenvalue weighted by Crippen LogP contribution is -2.47. The standard InChI is InChI=1S/C13H31N3O2/c1-15(2)9-5-7-13(18,12(17)11-14)8-6-10-16(3)4/h12,17-18H,5-11,14H2,1-4H3. The molecule has 0 fully saturated rings. The number of rotatable bonds is 10. The zero-order chi connectivity index (χ0) is 14.2. The second-order valence-electron chi connectivity index (χ2n) is 5.67. The molecule has 0 spiro atoms. The van der Waals surface area contributed by atoms with E-state index in [9.17, 15) is 10.2 Å². The van der Waals surface area contributed by atoms with E-state index in [1.54, 1.807) is 0 Å². The van der Waals surface area contributed by atoms with Gasteiger partial charge >= 0.3 is 0 Å². The Labute approximate surface area is 112 Å². The first kappa shape index (κ1) is 17.8. The van der Waals surface area contributed by atoms with Crippen molar-refractivity contribution < 1.29 is 10.2 Å². The molecule has 5 heteroatoms. The van der Waals surface area contributed by atoms with Crippen molar-refractivity contribution >= 4 is 0 Å². The van der Waals surface area contributed by atoms with Crippen LogP contribution >= 0.6 is 0 Å². The highest BCUT2D eigenvalue weighted by molar-refractivity contribution is 4.87. The SMILES string of the molecule is CN(C)CCCC(O)(CCCN(C)C)C(O)CN. The number of nitrogens with zero attached hydrogens (tertiary/aromatic N) is 2. The number of aliphatic hydroxyl groups is 2. The van der Waals surface area contributed by atoms with Gasteiger partial charge in [0.2, 0.25) is 0 Å². The van der Waals surface area contributed by atoms with Gasteiger partial charge in [-0.05, 0) is 67.0 Å². The molecule has 0 aliphatic carbocycles. The molecule has 0 aromatic heterocycles. The van der Waals surface area contributed by atoms with E-state index >= 15 is 0 Å². The molecule has 0 amide bonds. The topological polar surface area (TPSA) is 73.0 Å². The van der Waals surface area contributed by atoms with Crippen LogP contribution < -0.4 is 5.73 Å². The van der Waals surface area contributed by atoms with Crippen LogP contribution in [-0.4, -0.2) is 79.5 Å². The monoisotopic (exact) mass is 261 g/mol. The summed E-state index contributed by atoms with van der Waals surface area (Å²) in [5.41, 5.74) is 4.45. The molecule has 18 heavy (non-hydrogen) atoms. The normalized spacial score (nSPS) is 14.5. The van der Waals surface area contributed by atoms with Crippen molar-refractivity contribution in [2.24, 2.45) is 5.73 Å². The van der Waals surface area contributed by atoms with Crippen LogP contribution in [0.25, 0.3) is 0 Å². The second kappa shape index (κ2) is 8.82. The molecule has 0 aliphatic heterocycles. The minimum atomic E-state index is -1.04. The Kier molecular flexibility index (Phi) is 8.73. The van der Waals surface area contributed by atoms with Crippen LogP contribution in [0, 0.1) is 0 Å². The van der Waals surface area contributed by atoms with E-state index in [0.717, 1.165) is 25.9 Å². The first-order chi connectivity index (χ1) is 8.31. The van der Waals surface area contributed by atoms with Gasteiger partial charge in [0, 0.05) is 6.54 Å². The van der Waals surface area contributed by atoms with Gasteiger partial charge in [-0.15, -0.1) is 0 Å². The third kappa shape index (κ3) is 7.28. The number of nitrogens with two attached hydrogens (primary N) is 1. The maximum atomic E-state index is 10.5. The number of aliphatic hydroxyl groups excluding tert-OH is 1. The summed E-state index contributed by atoms with van der Waals surface area (Å²) in [6.45, 7) is 1.93. The summed E-state index contributed by atoms with van der Waals surface area (Å²) in [6, 6.07) is 0. The molecule has 0 rings (SSSR count). The highest BCUT2D eigenvalue weighted by atomic mass is 16.3. The zero-order valence-electron chi connectivity index (χ0n) is 12.4. The Morgan fingerprint density at radius 1 is 1.00 bits per heavy atom. The molecular weight excluding hydrogens is 230 g/mol. The van der Waals surface area contributed by atoms with Crippen molar-refractivity contribution in [2.45, 2.75) is 37.4 Å². The molecule has 110 valence electrons. The van der Waals surface area contributed by atoms with Crippen LogP contribution in [0.2, 0.25) is 0 Å². The Hall–Kier alpha value is -0.200. The van der Waals surface area contributed by atoms with Crippen molar-refractivity contribution in [3.05, 3.63) is 0 Å². The second-order valence-corrected chi connectivity index (χ2v) is 5.67. The maximum Gasteiger partial charge on any atom is 0.0948 e. The van der Waals surface area contributed by atoms with Gasteiger partial charge in [-0.1, -0.05) is 0 Å². The first-order valence-corrected chi connectivity index (χ1v) is 6.72. The first-order valence-electron chi connectivity index (χ1n) is 6.72. The molecular formula is C13H31N3O2. The van der Waals surface area contributed by atoms with Gasteiger partial charge in [-0.25, -0.2) is 0 Å². The third-order valence-corrected chi connectivity index (χ3v) is 3.27. The molecule has 0 saturated carbocycles. The minimum absolute atomic E-state index is 0.112. The molecule has 0 bridgehead atoms. The Balaban J connectivity index is 4.24. The largest absolute Gasteiger partial charge is 0.389 e. The summed E-state index contributed by atoms with van der Waals surface area (Å²) in [4.78, 5) is 4.16. The van der Waals surface area contributed by atoms with E-state index in [1.807, 2.05) is 28.2 Å². The van der Waals surface area contributed by atoms with E-state index in [1.165, 1.54) is 0 Å². The summed E-state index contributed by atoms with van der Waals surface area (Å²) in [6.07, 6.45) is 2.08. The zero-order valence-corrected chi connectivity index (χ0v) is 12.4. The lowest BCUT2D eigenvalue weighted by Gasteiger charge is -2.33. The lowest BCUT2D eigenvalue weighted by atomic mass is 9.86. The summed E-state index contributed by atoms with van der Waals surface area (Å²) >= 11 is 0. The molecule has 1 atom stereocenters. The molecule has 0 aromatic carbocycles. The van der Waals surface area contributed by atoms with E-state index in [-0.39, 0.29) is 6.54 Å². The van der Waals surface area contributed by atoms with Gasteiger partial charge in [-0.3, -0.25) is 0 Å². The van der Waals surface area contributed by atoms with Crippen molar-refractivity contribution in [2.75, 3.05) is 47.8 Å². The van der Waals surface area contributed by atoms with E-state index in [4.69, 9.17) is 5.73 Å². The summed E-state index contributed by atoms with van der Waals surface area (Å²) in [5, 5.41) is 20.4. The van der Waals surface area contributed by atoms with Crippen molar-refractivity contribution in [1.29, 1.82) is 0 Å². The van der Waals surface area contributed by atoms with E-state index in [2.05, 4.69) is 9.80 Å². The highest BCUT2D eigenvalue weighted by Gasteiger charge is 2.33. The molecule has 5 nitrogen and oxygen atoms in total. The quantitative estimate of drug-likeness (QED) is 0.504. The van der Waals surface area contributed by atoms with Gasteiger partial charge in [-0.2, -0.15) is 0 Å². The Bertz CT molecular complexity index is 196. The molecule has 0 radical (unpaired) electrons. The summed E-state index contributed by atoms with van der Waals surface area (Å²) in [7, 11) is 8.02. The van der Waals surface area contributed by atoms with E-state index < -0.39 is 11.7 Å². The van der Waals surface area contributed by atoms with Crippen molar-refractivity contribution in [1.82, 2.24) is 9.80 Å². The van der Waals surface area contributed by atoms with Gasteiger partial charge in [0.15, 0.2) is 0 Å². The summed E-state index contributed by atoms with van der Waals surface area (Å²) in [5.74, 6) is 0. The van der Waals surface area contributed by atoms with Crippen LogP contribution in [0.5, 0.6) is 0 Å². The minimum Gasteiger partial charge on any atom is -0.389 e. The molecule has 1 unspecified atom stereocenters. The van der Waals surface area contributed by atoms with Crippen LogP contribution in [0.15, 0.2) is 0 Å². The fourth-order valence-corrected chi connectivity index (χ4v) is 2.08.